The molecule has 7 heteroatoms. The molecule has 1 fully saturated rings. The lowest BCUT2D eigenvalue weighted by Gasteiger charge is -2.30. The van der Waals surface area contributed by atoms with E-state index in [1.54, 1.807) is 4.68 Å². The zero-order valence-electron chi connectivity index (χ0n) is 14.6. The number of carbonyl (C=O) groups excluding carboxylic acids is 1. The molecule has 0 saturated carbocycles. The first kappa shape index (κ1) is 17.8. The van der Waals surface area contributed by atoms with Gasteiger partial charge in [0.1, 0.15) is 0 Å². The van der Waals surface area contributed by atoms with Gasteiger partial charge in [-0.25, -0.2) is 4.68 Å². The van der Waals surface area contributed by atoms with Crippen molar-refractivity contribution in [2.45, 2.75) is 33.4 Å². The van der Waals surface area contributed by atoms with Crippen molar-refractivity contribution >= 4 is 18.2 Å². The van der Waals surface area contributed by atoms with E-state index in [1.807, 2.05) is 38.1 Å². The molecular weight excluding hydrogens is 338 g/mol. The van der Waals surface area contributed by atoms with Gasteiger partial charge in [-0.15, -0.1) is 5.10 Å². The maximum absolute atomic E-state index is 12.0. The van der Waals surface area contributed by atoms with Crippen LogP contribution in [-0.4, -0.2) is 40.3 Å². The van der Waals surface area contributed by atoms with Crippen molar-refractivity contribution in [3.63, 3.8) is 0 Å². The third kappa shape index (κ3) is 4.16. The van der Waals surface area contributed by atoms with Crippen LogP contribution < -0.4 is 0 Å². The molecule has 1 aliphatic rings. The predicted octanol–water partition coefficient (Wildman–Crippen LogP) is 3.41. The summed E-state index contributed by atoms with van der Waals surface area (Å²) >= 11 is 5.32. The second kappa shape index (κ2) is 7.93. The van der Waals surface area contributed by atoms with Crippen LogP contribution in [0.15, 0.2) is 28.7 Å². The fourth-order valence-electron chi connectivity index (χ4n) is 3.14. The summed E-state index contributed by atoms with van der Waals surface area (Å²) in [6.07, 6.45) is 1.83. The van der Waals surface area contributed by atoms with Crippen LogP contribution in [0.4, 0.5) is 0 Å². The van der Waals surface area contributed by atoms with Gasteiger partial charge in [0.05, 0.1) is 19.2 Å². The third-order valence-corrected chi connectivity index (χ3v) is 4.74. The van der Waals surface area contributed by atoms with E-state index < -0.39 is 0 Å². The highest BCUT2D eigenvalue weighted by atomic mass is 32.1. The number of aryl methyl sites for hydroxylation is 1. The Morgan fingerprint density at radius 3 is 3.00 bits per heavy atom. The number of esters is 1. The first-order valence-corrected chi connectivity index (χ1v) is 9.02. The van der Waals surface area contributed by atoms with E-state index in [0.717, 1.165) is 30.5 Å². The van der Waals surface area contributed by atoms with Gasteiger partial charge in [0.15, 0.2) is 0 Å². The van der Waals surface area contributed by atoms with Crippen molar-refractivity contribution in [2.75, 3.05) is 19.7 Å². The van der Waals surface area contributed by atoms with E-state index in [2.05, 4.69) is 10.00 Å². The Morgan fingerprint density at radius 1 is 1.44 bits per heavy atom. The number of likely N-dealkylation sites (tertiary alicyclic amines) is 1. The summed E-state index contributed by atoms with van der Waals surface area (Å²) in [5, 5.41) is 4.53. The van der Waals surface area contributed by atoms with Gasteiger partial charge in [-0.3, -0.25) is 9.69 Å². The lowest BCUT2D eigenvalue weighted by Crippen LogP contribution is -2.40. The van der Waals surface area contributed by atoms with Crippen LogP contribution in [0.3, 0.4) is 0 Å². The topological polar surface area (TPSA) is 60.5 Å². The Morgan fingerprint density at radius 2 is 2.24 bits per heavy atom. The summed E-state index contributed by atoms with van der Waals surface area (Å²) < 4.78 is 12.5. The Kier molecular flexibility index (Phi) is 5.65. The molecule has 0 bridgehead atoms. The quantitative estimate of drug-likeness (QED) is 0.601. The number of carbonyl (C=O) groups is 1. The molecule has 1 aliphatic heterocycles. The Bertz CT molecular complexity index is 799. The normalized spacial score (nSPS) is 18.2. The van der Waals surface area contributed by atoms with Gasteiger partial charge in [-0.1, -0.05) is 18.2 Å². The number of benzene rings is 1. The van der Waals surface area contributed by atoms with Gasteiger partial charge >= 0.3 is 5.97 Å². The molecule has 1 saturated heterocycles. The van der Waals surface area contributed by atoms with Crippen LogP contribution in [0.1, 0.15) is 25.3 Å². The molecule has 1 aromatic heterocycles. The number of hydrogen-bond donors (Lipinski definition) is 0. The summed E-state index contributed by atoms with van der Waals surface area (Å²) in [4.78, 5) is 14.5. The van der Waals surface area contributed by atoms with Crippen molar-refractivity contribution in [1.29, 1.82) is 0 Å². The van der Waals surface area contributed by atoms with E-state index >= 15 is 0 Å². The predicted molar refractivity (Wildman–Crippen MR) is 96.4 cm³/mol. The van der Waals surface area contributed by atoms with E-state index in [-0.39, 0.29) is 11.9 Å². The number of piperidine rings is 1. The second-order valence-corrected chi connectivity index (χ2v) is 6.65. The summed E-state index contributed by atoms with van der Waals surface area (Å²) in [5.41, 5.74) is 2.03. The molecule has 0 unspecified atom stereocenters. The maximum Gasteiger partial charge on any atom is 0.310 e. The van der Waals surface area contributed by atoms with Crippen molar-refractivity contribution in [3.05, 3.63) is 34.7 Å². The number of ether oxygens (including phenoxy) is 1. The molecule has 0 aliphatic carbocycles. The molecule has 2 aromatic rings. The molecule has 1 atom stereocenters. The van der Waals surface area contributed by atoms with Crippen LogP contribution in [0.5, 0.6) is 0 Å². The Balaban J connectivity index is 1.72. The highest BCUT2D eigenvalue weighted by Gasteiger charge is 2.27. The largest absolute Gasteiger partial charge is 0.466 e. The number of aromatic nitrogens is 2. The minimum absolute atomic E-state index is 0.0781. The van der Waals surface area contributed by atoms with E-state index in [0.29, 0.717) is 30.5 Å². The van der Waals surface area contributed by atoms with Crippen molar-refractivity contribution in [3.8, 4) is 11.5 Å². The van der Waals surface area contributed by atoms with E-state index in [4.69, 9.17) is 21.4 Å². The van der Waals surface area contributed by atoms with Gasteiger partial charge in [0.2, 0.25) is 5.89 Å². The molecule has 134 valence electrons. The highest BCUT2D eigenvalue weighted by Crippen LogP contribution is 2.23. The first-order valence-electron chi connectivity index (χ1n) is 8.61. The number of hydrogen-bond acceptors (Lipinski definition) is 6. The molecule has 0 amide bonds. The van der Waals surface area contributed by atoms with Crippen LogP contribution in [0.25, 0.3) is 11.5 Å². The third-order valence-electron chi connectivity index (χ3n) is 4.44. The van der Waals surface area contributed by atoms with Crippen LogP contribution in [0, 0.1) is 17.7 Å². The van der Waals surface area contributed by atoms with Crippen molar-refractivity contribution in [2.24, 2.45) is 5.92 Å². The summed E-state index contributed by atoms with van der Waals surface area (Å²) in [5.74, 6) is 0.337. The second-order valence-electron chi connectivity index (χ2n) is 6.30. The molecule has 0 radical (unpaired) electrons. The average molecular weight is 361 g/mol. The van der Waals surface area contributed by atoms with Gasteiger partial charge in [0.25, 0.3) is 4.84 Å². The molecule has 1 aromatic carbocycles. The molecule has 0 spiro atoms. The van der Waals surface area contributed by atoms with Crippen LogP contribution >= 0.6 is 12.2 Å². The SMILES string of the molecule is CCOC(=O)[C@H]1CCCN(Cn2nc(-c3ccccc3C)oc2=S)C1. The zero-order valence-corrected chi connectivity index (χ0v) is 15.4. The van der Waals surface area contributed by atoms with Gasteiger partial charge in [0, 0.05) is 12.1 Å². The first-order chi connectivity index (χ1) is 12.1. The van der Waals surface area contributed by atoms with Crippen LogP contribution in [-0.2, 0) is 16.2 Å². The molecule has 0 N–H and O–H groups in total. The Labute approximate surface area is 152 Å². The van der Waals surface area contributed by atoms with Gasteiger partial charge in [-0.2, -0.15) is 0 Å². The number of rotatable bonds is 5. The van der Waals surface area contributed by atoms with Gasteiger partial charge < -0.3 is 9.15 Å². The molecular formula is C18H23N3O3S. The fourth-order valence-corrected chi connectivity index (χ4v) is 3.32. The monoisotopic (exact) mass is 361 g/mol. The van der Waals surface area contributed by atoms with Crippen LogP contribution in [0.2, 0.25) is 0 Å². The standard InChI is InChI=1S/C18H23N3O3S/c1-3-23-17(22)14-8-6-10-20(11-14)12-21-18(25)24-16(19-21)15-9-5-4-7-13(15)2/h4-5,7,9,14H,3,6,8,10-12H2,1-2H3/t14-/m0/s1. The molecule has 6 nitrogen and oxygen atoms in total. The molecule has 2 heterocycles. The van der Waals surface area contributed by atoms with Crippen molar-refractivity contribution in [1.82, 2.24) is 14.7 Å². The minimum Gasteiger partial charge on any atom is -0.466 e. The molecule has 25 heavy (non-hydrogen) atoms. The minimum atomic E-state index is -0.114. The maximum atomic E-state index is 12.0. The lowest BCUT2D eigenvalue weighted by molar-refractivity contribution is -0.150. The summed E-state index contributed by atoms with van der Waals surface area (Å²) in [6.45, 7) is 6.35. The van der Waals surface area contributed by atoms with E-state index in [1.165, 1.54) is 0 Å². The number of nitrogens with zero attached hydrogens (tertiary/aromatic N) is 3. The average Bonchev–Trinajstić information content (AvgIpc) is 2.96. The summed E-state index contributed by atoms with van der Waals surface area (Å²) in [6, 6.07) is 7.92. The molecule has 3 rings (SSSR count). The van der Waals surface area contributed by atoms with Crippen molar-refractivity contribution < 1.29 is 13.9 Å². The Hall–Kier alpha value is -1.99. The smallest absolute Gasteiger partial charge is 0.310 e. The van der Waals surface area contributed by atoms with Gasteiger partial charge in [-0.05, 0) is 57.1 Å². The fraction of sp³-hybridized carbons (Fsp3) is 0.500. The van der Waals surface area contributed by atoms with E-state index in [9.17, 15) is 4.79 Å². The zero-order chi connectivity index (χ0) is 17.8. The highest BCUT2D eigenvalue weighted by molar-refractivity contribution is 7.71. The lowest BCUT2D eigenvalue weighted by atomic mass is 9.99. The summed E-state index contributed by atoms with van der Waals surface area (Å²) in [7, 11) is 0.